The van der Waals surface area contributed by atoms with E-state index < -0.39 is 8.25 Å². The zero-order valence-electron chi connectivity index (χ0n) is 16.1. The number of nitrogens with zero attached hydrogens (tertiary/aromatic N) is 4. The zero-order chi connectivity index (χ0) is 21.5. The van der Waals surface area contributed by atoms with Gasteiger partial charge in [-0.05, 0) is 24.1 Å². The zero-order valence-corrected chi connectivity index (χ0v) is 18.5. The highest BCUT2D eigenvalue weighted by molar-refractivity contribution is 7.33. The van der Waals surface area contributed by atoms with Gasteiger partial charge >= 0.3 is 8.25 Å². The first-order valence-corrected chi connectivity index (χ1v) is 11.0. The van der Waals surface area contributed by atoms with Crippen molar-refractivity contribution in [3.05, 3.63) is 40.6 Å². The second kappa shape index (κ2) is 10.7. The number of hydrogen-bond donors (Lipinski definition) is 1. The summed E-state index contributed by atoms with van der Waals surface area (Å²) in [6, 6.07) is 7.51. The van der Waals surface area contributed by atoms with E-state index in [0.29, 0.717) is 34.3 Å². The largest absolute Gasteiger partial charge is 0.697 e. The molecule has 1 atom stereocenters. The summed E-state index contributed by atoms with van der Waals surface area (Å²) in [6.45, 7) is 0.941. The number of H-pyrrole nitrogens is 1. The summed E-state index contributed by atoms with van der Waals surface area (Å²) in [7, 11) is -0.319. The summed E-state index contributed by atoms with van der Waals surface area (Å²) in [6.07, 6.45) is 4.31. The molecule has 1 N–H and O–H groups in total. The quantitative estimate of drug-likeness (QED) is 0.316. The number of pyridine rings is 1. The molecule has 0 fully saturated rings. The third-order valence-electron chi connectivity index (χ3n) is 4.30. The van der Waals surface area contributed by atoms with Gasteiger partial charge in [-0.15, -0.1) is 9.05 Å². The molecule has 0 aliphatic rings. The fourth-order valence-corrected chi connectivity index (χ4v) is 3.76. The Labute approximate surface area is 184 Å². The first-order valence-electron chi connectivity index (χ1n) is 9.10. The van der Waals surface area contributed by atoms with Gasteiger partial charge in [0.1, 0.15) is 19.0 Å². The average Bonchev–Trinajstić information content (AvgIpc) is 3.28. The minimum Gasteiger partial charge on any atom is -0.360 e. The molecule has 11 heteroatoms. The SMILES string of the molecule is CN(CCCO[P+](=O)OCCC#N)c1cc(-c2cn[nH]c2)c2ccc(Cl)c(Cl)c2n1. The summed E-state index contributed by atoms with van der Waals surface area (Å²) < 4.78 is 21.6. The monoisotopic (exact) mass is 466 g/mol. The van der Waals surface area contributed by atoms with Crippen LogP contribution < -0.4 is 4.90 Å². The van der Waals surface area contributed by atoms with E-state index in [9.17, 15) is 4.57 Å². The van der Waals surface area contributed by atoms with Crippen LogP contribution in [0, 0.1) is 11.3 Å². The molecule has 156 valence electrons. The molecule has 30 heavy (non-hydrogen) atoms. The molecule has 0 spiro atoms. The van der Waals surface area contributed by atoms with E-state index in [-0.39, 0.29) is 19.6 Å². The average molecular weight is 467 g/mol. The molecule has 2 aromatic heterocycles. The first-order chi connectivity index (χ1) is 14.5. The van der Waals surface area contributed by atoms with Gasteiger partial charge in [0.15, 0.2) is 0 Å². The van der Waals surface area contributed by atoms with Gasteiger partial charge in [-0.2, -0.15) is 10.4 Å². The molecular formula is C19H19Cl2N5O3P+. The van der Waals surface area contributed by atoms with E-state index in [2.05, 4.69) is 10.2 Å². The van der Waals surface area contributed by atoms with Crippen molar-refractivity contribution in [3.63, 3.8) is 0 Å². The summed E-state index contributed by atoms with van der Waals surface area (Å²) in [5.41, 5.74) is 2.44. The molecule has 0 saturated heterocycles. The molecule has 0 aliphatic carbocycles. The molecule has 1 unspecified atom stereocenters. The van der Waals surface area contributed by atoms with Crippen LogP contribution in [0.1, 0.15) is 12.8 Å². The number of fused-ring (bicyclic) bond motifs is 1. The lowest BCUT2D eigenvalue weighted by atomic mass is 10.0. The second-order valence-corrected chi connectivity index (χ2v) is 8.09. The standard InChI is InChI=1S/C19H19Cl2N5O3P/c1-26(7-3-9-29-30(27)28-8-2-6-22)17-10-15(13-11-23-24-12-13)14-4-5-16(20)18(21)19(14)25-17/h4-5,10-12H,2-3,7-9H2,1H3,(H,23,24)/q+1. The number of rotatable bonds is 10. The Morgan fingerprint density at radius 2 is 2.10 bits per heavy atom. The van der Waals surface area contributed by atoms with E-state index in [1.807, 2.05) is 30.1 Å². The third-order valence-corrected chi connectivity index (χ3v) is 5.89. The number of aromatic nitrogens is 3. The molecular weight excluding hydrogens is 448 g/mol. The highest BCUT2D eigenvalue weighted by Crippen LogP contribution is 2.37. The minimum atomic E-state index is -2.22. The Balaban J connectivity index is 1.73. The van der Waals surface area contributed by atoms with Crippen molar-refractivity contribution in [2.24, 2.45) is 0 Å². The van der Waals surface area contributed by atoms with Gasteiger partial charge in [0, 0.05) is 35.3 Å². The Kier molecular flexibility index (Phi) is 7.97. The van der Waals surface area contributed by atoms with Gasteiger partial charge in [-0.25, -0.2) is 4.98 Å². The van der Waals surface area contributed by atoms with Gasteiger partial charge < -0.3 is 4.90 Å². The van der Waals surface area contributed by atoms with Crippen molar-refractivity contribution < 1.29 is 13.6 Å². The highest BCUT2D eigenvalue weighted by Gasteiger charge is 2.20. The molecule has 3 rings (SSSR count). The maximum Gasteiger partial charge on any atom is 0.697 e. The van der Waals surface area contributed by atoms with Gasteiger partial charge in [0.2, 0.25) is 0 Å². The lowest BCUT2D eigenvalue weighted by Crippen LogP contribution is -2.20. The van der Waals surface area contributed by atoms with Gasteiger partial charge in [0.25, 0.3) is 0 Å². The molecule has 8 nitrogen and oxygen atoms in total. The van der Waals surface area contributed by atoms with Crippen LogP contribution in [0.15, 0.2) is 30.6 Å². The van der Waals surface area contributed by atoms with E-state index in [0.717, 1.165) is 16.5 Å². The fourth-order valence-electron chi connectivity index (χ4n) is 2.81. The van der Waals surface area contributed by atoms with Gasteiger partial charge in [0.05, 0.1) is 34.2 Å². The van der Waals surface area contributed by atoms with Crippen molar-refractivity contribution in [3.8, 4) is 17.2 Å². The molecule has 3 aromatic rings. The van der Waals surface area contributed by atoms with Crippen molar-refractivity contribution in [2.45, 2.75) is 12.8 Å². The predicted octanol–water partition coefficient (Wildman–Crippen LogP) is 5.36. The number of benzene rings is 1. The Hall–Kier alpha value is -2.27. The van der Waals surface area contributed by atoms with E-state index >= 15 is 0 Å². The number of hydrogen-bond acceptors (Lipinski definition) is 7. The topological polar surface area (TPSA) is 104 Å². The number of nitrogens with one attached hydrogen (secondary N) is 1. The number of anilines is 1. The van der Waals surface area contributed by atoms with E-state index in [1.54, 1.807) is 18.5 Å². The second-order valence-electron chi connectivity index (χ2n) is 6.35. The lowest BCUT2D eigenvalue weighted by Gasteiger charge is -2.20. The minimum absolute atomic E-state index is 0.0900. The van der Waals surface area contributed by atoms with Crippen LogP contribution >= 0.6 is 31.5 Å². The molecule has 1 aromatic carbocycles. The first kappa shape index (κ1) is 22.4. The van der Waals surface area contributed by atoms with E-state index in [1.165, 1.54) is 0 Å². The molecule has 2 heterocycles. The maximum atomic E-state index is 11.6. The summed E-state index contributed by atoms with van der Waals surface area (Å²) in [5, 5.41) is 17.0. The number of halogens is 2. The van der Waals surface area contributed by atoms with Crippen LogP contribution in [0.5, 0.6) is 0 Å². The molecule has 0 radical (unpaired) electrons. The lowest BCUT2D eigenvalue weighted by molar-refractivity contribution is 0.228. The van der Waals surface area contributed by atoms with Crippen LogP contribution in [-0.4, -0.2) is 42.0 Å². The Morgan fingerprint density at radius 1 is 1.30 bits per heavy atom. The van der Waals surface area contributed by atoms with Gasteiger partial charge in [-0.3, -0.25) is 5.10 Å². The van der Waals surface area contributed by atoms with Crippen LogP contribution in [0.25, 0.3) is 22.0 Å². The molecule has 0 saturated carbocycles. The van der Waals surface area contributed by atoms with Crippen molar-refractivity contribution in [2.75, 3.05) is 31.7 Å². The maximum absolute atomic E-state index is 11.6. The summed E-state index contributed by atoms with van der Waals surface area (Å²) in [5.74, 6) is 0.706. The van der Waals surface area contributed by atoms with Crippen LogP contribution in [-0.2, 0) is 13.6 Å². The molecule has 0 amide bonds. The Bertz CT molecular complexity index is 1070. The molecule has 0 bridgehead atoms. The van der Waals surface area contributed by atoms with Crippen LogP contribution in [0.2, 0.25) is 10.0 Å². The summed E-state index contributed by atoms with van der Waals surface area (Å²) >= 11 is 12.6. The normalized spacial score (nSPS) is 11.5. The molecule has 0 aliphatic heterocycles. The van der Waals surface area contributed by atoms with Crippen molar-refractivity contribution in [1.29, 1.82) is 5.26 Å². The van der Waals surface area contributed by atoms with Crippen molar-refractivity contribution in [1.82, 2.24) is 15.2 Å². The number of nitriles is 1. The van der Waals surface area contributed by atoms with Gasteiger partial charge in [-0.1, -0.05) is 29.3 Å². The van der Waals surface area contributed by atoms with Crippen LogP contribution in [0.3, 0.4) is 0 Å². The third kappa shape index (κ3) is 5.45. The fraction of sp³-hybridized carbons (Fsp3) is 0.316. The summed E-state index contributed by atoms with van der Waals surface area (Å²) in [4.78, 5) is 6.65. The van der Waals surface area contributed by atoms with E-state index in [4.69, 9.17) is 42.5 Å². The highest BCUT2D eigenvalue weighted by atomic mass is 35.5. The number of aromatic amines is 1. The smallest absolute Gasteiger partial charge is 0.360 e. The van der Waals surface area contributed by atoms with Crippen LogP contribution in [0.4, 0.5) is 5.82 Å². The predicted molar refractivity (Wildman–Crippen MR) is 117 cm³/mol. The Morgan fingerprint density at radius 3 is 2.83 bits per heavy atom. The van der Waals surface area contributed by atoms with Crippen molar-refractivity contribution >= 4 is 48.2 Å².